The maximum atomic E-state index is 12.6. The summed E-state index contributed by atoms with van der Waals surface area (Å²) in [6, 6.07) is -1.53. The van der Waals surface area contributed by atoms with Crippen molar-refractivity contribution in [1.29, 1.82) is 0 Å². The highest BCUT2D eigenvalue weighted by Gasteiger charge is 2.28. The predicted octanol–water partition coefficient (Wildman–Crippen LogP) is 10.8. The monoisotopic (exact) mass is 786 g/mol. The van der Waals surface area contributed by atoms with Crippen LogP contribution in [0.25, 0.3) is 0 Å². The molecule has 0 heterocycles. The molecule has 0 bridgehead atoms. The van der Waals surface area contributed by atoms with E-state index in [1.165, 1.54) is 89.9 Å². The van der Waals surface area contributed by atoms with Gasteiger partial charge in [-0.15, -0.1) is 0 Å². The third-order valence-corrected chi connectivity index (χ3v) is 9.85. The molecule has 314 valence electrons. The Balaban J connectivity index is 4.45. The highest BCUT2D eigenvalue weighted by Crippen LogP contribution is 2.43. The zero-order valence-corrected chi connectivity index (χ0v) is 34.7. The first-order valence-corrected chi connectivity index (χ1v) is 22.5. The molecule has 0 saturated carbocycles. The van der Waals surface area contributed by atoms with Gasteiger partial charge in [-0.1, -0.05) is 153 Å². The Hall–Kier alpha value is -2.30. The molecule has 0 fully saturated rings. The second-order valence-corrected chi connectivity index (χ2v) is 15.6. The van der Waals surface area contributed by atoms with E-state index in [4.69, 9.17) is 24.8 Å². The van der Waals surface area contributed by atoms with Crippen LogP contribution in [0.15, 0.2) is 36.5 Å². The second kappa shape index (κ2) is 37.6. The molecule has 0 aromatic carbocycles. The lowest BCUT2D eigenvalue weighted by molar-refractivity contribution is -0.161. The second-order valence-electron chi connectivity index (χ2n) is 14.1. The molecule has 0 spiro atoms. The standard InChI is InChI=1S/C42H76NO10P/c1-3-5-7-9-11-13-15-17-19-21-23-25-27-29-31-33-40(44)50-35-38(36-51-54(48,49)52-37-39(43)42(46)47)53-41(45)34-32-30-28-26-24-22-20-18-16-14-12-10-8-6-4-2/h13,15,17,19,28,30,38-39H,3-12,14,16,18,20-27,29,31-37,43H2,1-2H3,(H,46,47)(H,48,49)/b15-13+,19-17+,30-28+/t38-,39+/m1/s1. The fourth-order valence-electron chi connectivity index (χ4n) is 5.54. The van der Waals surface area contributed by atoms with E-state index in [-0.39, 0.29) is 19.4 Å². The number of carboxylic acid groups (broad SMARTS) is 1. The van der Waals surface area contributed by atoms with Gasteiger partial charge in [-0.2, -0.15) is 0 Å². The summed E-state index contributed by atoms with van der Waals surface area (Å²) >= 11 is 0. The molecule has 0 aliphatic carbocycles. The van der Waals surface area contributed by atoms with E-state index in [1.807, 2.05) is 6.08 Å². The molecule has 0 aliphatic rings. The number of nitrogens with two attached hydrogens (primary N) is 1. The smallest absolute Gasteiger partial charge is 0.472 e. The van der Waals surface area contributed by atoms with E-state index in [0.717, 1.165) is 51.4 Å². The van der Waals surface area contributed by atoms with Crippen LogP contribution in [0.1, 0.15) is 181 Å². The van der Waals surface area contributed by atoms with Crippen molar-refractivity contribution >= 4 is 25.7 Å². The number of carbonyl (C=O) groups is 3. The third kappa shape index (κ3) is 36.7. The Morgan fingerprint density at radius 2 is 1.02 bits per heavy atom. The minimum Gasteiger partial charge on any atom is -0.480 e. The number of hydrogen-bond acceptors (Lipinski definition) is 9. The third-order valence-electron chi connectivity index (χ3n) is 8.90. The number of carbonyl (C=O) groups excluding carboxylic acids is 2. The highest BCUT2D eigenvalue weighted by molar-refractivity contribution is 7.47. The Kier molecular flexibility index (Phi) is 36.0. The van der Waals surface area contributed by atoms with Crippen LogP contribution < -0.4 is 5.73 Å². The Morgan fingerprint density at radius 3 is 1.56 bits per heavy atom. The van der Waals surface area contributed by atoms with Crippen molar-refractivity contribution in [3.63, 3.8) is 0 Å². The number of carboxylic acids is 1. The van der Waals surface area contributed by atoms with E-state index in [0.29, 0.717) is 12.8 Å². The molecule has 0 rings (SSSR count). The van der Waals surface area contributed by atoms with Crippen molar-refractivity contribution in [3.8, 4) is 0 Å². The van der Waals surface area contributed by atoms with Gasteiger partial charge >= 0.3 is 25.7 Å². The largest absolute Gasteiger partial charge is 0.480 e. The highest BCUT2D eigenvalue weighted by atomic mass is 31.2. The van der Waals surface area contributed by atoms with E-state index >= 15 is 0 Å². The fourth-order valence-corrected chi connectivity index (χ4v) is 6.32. The number of unbranched alkanes of at least 4 members (excludes halogenated alkanes) is 20. The van der Waals surface area contributed by atoms with Crippen LogP contribution in [-0.4, -0.2) is 59.9 Å². The maximum Gasteiger partial charge on any atom is 0.472 e. The predicted molar refractivity (Wildman–Crippen MR) is 217 cm³/mol. The van der Waals surface area contributed by atoms with Crippen molar-refractivity contribution in [2.45, 2.75) is 193 Å². The number of aliphatic carboxylic acids is 1. The van der Waals surface area contributed by atoms with Gasteiger partial charge in [0.05, 0.1) is 13.2 Å². The number of phosphoric acid groups is 1. The van der Waals surface area contributed by atoms with Crippen molar-refractivity contribution in [3.05, 3.63) is 36.5 Å². The molecular weight excluding hydrogens is 709 g/mol. The van der Waals surface area contributed by atoms with Gasteiger partial charge < -0.3 is 25.2 Å². The number of rotatable bonds is 39. The first kappa shape index (κ1) is 51.7. The summed E-state index contributed by atoms with van der Waals surface area (Å²) in [4.78, 5) is 45.8. The molecule has 1 unspecified atom stereocenters. The lowest BCUT2D eigenvalue weighted by atomic mass is 10.1. The average molecular weight is 786 g/mol. The van der Waals surface area contributed by atoms with Crippen LogP contribution in [-0.2, 0) is 37.5 Å². The van der Waals surface area contributed by atoms with Crippen LogP contribution in [0.2, 0.25) is 0 Å². The zero-order valence-electron chi connectivity index (χ0n) is 33.8. The number of esters is 2. The van der Waals surface area contributed by atoms with Crippen LogP contribution in [0.4, 0.5) is 0 Å². The molecule has 0 aliphatic heterocycles. The van der Waals surface area contributed by atoms with Crippen LogP contribution in [0.3, 0.4) is 0 Å². The topological polar surface area (TPSA) is 172 Å². The molecule has 3 atom stereocenters. The summed E-state index contributed by atoms with van der Waals surface area (Å²) in [5, 5.41) is 8.87. The summed E-state index contributed by atoms with van der Waals surface area (Å²) in [6.07, 6.45) is 39.4. The lowest BCUT2D eigenvalue weighted by Crippen LogP contribution is -2.34. The van der Waals surface area contributed by atoms with Crippen molar-refractivity contribution < 1.29 is 47.5 Å². The SMILES string of the molecule is CCCCCC/C=C/C=C/CCCCCCCC(=O)OC[C@H](COP(=O)(O)OC[C@H](N)C(=O)O)OC(=O)CC/C=C/CCCCCCCCCCCCC. The first-order chi connectivity index (χ1) is 26.1. The Morgan fingerprint density at radius 1 is 0.574 bits per heavy atom. The van der Waals surface area contributed by atoms with Gasteiger partial charge in [0.15, 0.2) is 6.10 Å². The first-order valence-electron chi connectivity index (χ1n) is 21.0. The van der Waals surface area contributed by atoms with Gasteiger partial charge in [-0.3, -0.25) is 23.4 Å². The Labute approximate surface area is 327 Å². The van der Waals surface area contributed by atoms with Gasteiger partial charge in [-0.05, 0) is 51.4 Å². The normalized spacial score (nSPS) is 14.1. The van der Waals surface area contributed by atoms with Crippen LogP contribution in [0.5, 0.6) is 0 Å². The minimum absolute atomic E-state index is 0.0750. The van der Waals surface area contributed by atoms with Crippen LogP contribution in [0, 0.1) is 0 Å². The average Bonchev–Trinajstić information content (AvgIpc) is 3.14. The maximum absolute atomic E-state index is 12.6. The lowest BCUT2D eigenvalue weighted by Gasteiger charge is -2.20. The molecule has 11 nitrogen and oxygen atoms in total. The summed E-state index contributed by atoms with van der Waals surface area (Å²) < 4.78 is 32.6. The van der Waals surface area contributed by atoms with Crippen molar-refractivity contribution in [2.75, 3.05) is 19.8 Å². The molecular formula is C42H76NO10P. The molecule has 0 saturated heterocycles. The van der Waals surface area contributed by atoms with Crippen molar-refractivity contribution in [1.82, 2.24) is 0 Å². The molecule has 12 heteroatoms. The van der Waals surface area contributed by atoms with E-state index < -0.39 is 51.1 Å². The van der Waals surface area contributed by atoms with Gasteiger partial charge in [0.1, 0.15) is 12.6 Å². The van der Waals surface area contributed by atoms with E-state index in [9.17, 15) is 23.8 Å². The molecule has 4 N–H and O–H groups in total. The zero-order chi connectivity index (χ0) is 40.0. The van der Waals surface area contributed by atoms with E-state index in [1.54, 1.807) is 0 Å². The van der Waals surface area contributed by atoms with Crippen molar-refractivity contribution in [2.24, 2.45) is 5.73 Å². The number of phosphoric ester groups is 1. The summed E-state index contributed by atoms with van der Waals surface area (Å²) in [7, 11) is -4.72. The van der Waals surface area contributed by atoms with Gasteiger partial charge in [0, 0.05) is 12.8 Å². The summed E-state index contributed by atoms with van der Waals surface area (Å²) in [5.74, 6) is -2.46. The molecule has 0 aromatic heterocycles. The van der Waals surface area contributed by atoms with Gasteiger partial charge in [-0.25, -0.2) is 4.57 Å². The van der Waals surface area contributed by atoms with Gasteiger partial charge in [0.25, 0.3) is 0 Å². The molecule has 54 heavy (non-hydrogen) atoms. The Bertz CT molecular complexity index is 1060. The number of ether oxygens (including phenoxy) is 2. The summed E-state index contributed by atoms with van der Waals surface area (Å²) in [6.45, 7) is 2.73. The van der Waals surface area contributed by atoms with Gasteiger partial charge in [0.2, 0.25) is 0 Å². The summed E-state index contributed by atoms with van der Waals surface area (Å²) in [5.41, 5.74) is 5.32. The number of allylic oxidation sites excluding steroid dienone is 6. The molecule has 0 amide bonds. The van der Waals surface area contributed by atoms with E-state index in [2.05, 4.69) is 48.8 Å². The molecule has 0 aromatic rings. The quantitative estimate of drug-likeness (QED) is 0.0178. The fraction of sp³-hybridized carbons (Fsp3) is 0.786. The van der Waals surface area contributed by atoms with Crippen LogP contribution >= 0.6 is 7.82 Å². The number of hydrogen-bond donors (Lipinski definition) is 3. The minimum atomic E-state index is -4.72. The molecule has 0 radical (unpaired) electrons.